The van der Waals surface area contributed by atoms with Crippen molar-refractivity contribution in [1.82, 2.24) is 0 Å². The van der Waals surface area contributed by atoms with Crippen LogP contribution in [0.3, 0.4) is 0 Å². The Morgan fingerprint density at radius 3 is 1.52 bits per heavy atom. The van der Waals surface area contributed by atoms with Gasteiger partial charge in [-0.2, -0.15) is 0 Å². The van der Waals surface area contributed by atoms with Crippen LogP contribution in [0.2, 0.25) is 0 Å². The second kappa shape index (κ2) is 16.2. The van der Waals surface area contributed by atoms with Crippen LogP contribution in [0.4, 0.5) is 0 Å². The first-order valence-corrected chi connectivity index (χ1v) is 12.0. The Morgan fingerprint density at radius 1 is 0.440 bits per heavy atom. The summed E-state index contributed by atoms with van der Waals surface area (Å²) in [7, 11) is 0. The van der Waals surface area contributed by atoms with E-state index < -0.39 is 0 Å². The molecule has 0 aliphatic heterocycles. The molecule has 0 heterocycles. The molecule has 0 aliphatic carbocycles. The molecule has 0 fully saturated rings. The van der Waals surface area contributed by atoms with Crippen LogP contribution in [0, 0.1) is 29.6 Å². The van der Waals surface area contributed by atoms with E-state index >= 15 is 0 Å². The predicted molar refractivity (Wildman–Crippen MR) is 117 cm³/mol. The molecule has 0 saturated heterocycles. The van der Waals surface area contributed by atoms with Crippen molar-refractivity contribution in [3.05, 3.63) is 0 Å². The van der Waals surface area contributed by atoms with Crippen LogP contribution in [-0.4, -0.2) is 0 Å². The summed E-state index contributed by atoms with van der Waals surface area (Å²) < 4.78 is 0. The van der Waals surface area contributed by atoms with Crippen LogP contribution < -0.4 is 0 Å². The molecule has 0 amide bonds. The zero-order valence-electron chi connectivity index (χ0n) is 19.1. The first kappa shape index (κ1) is 25.0. The summed E-state index contributed by atoms with van der Waals surface area (Å²) in [6, 6.07) is 0. The van der Waals surface area contributed by atoms with Crippen LogP contribution in [0.15, 0.2) is 0 Å². The second-order valence-corrected chi connectivity index (χ2v) is 9.41. The van der Waals surface area contributed by atoms with Gasteiger partial charge in [0.25, 0.3) is 0 Å². The molecule has 5 unspecified atom stereocenters. The molecular formula is C25H52. The minimum atomic E-state index is 0.911. The van der Waals surface area contributed by atoms with Crippen molar-refractivity contribution in [2.45, 2.75) is 132 Å². The van der Waals surface area contributed by atoms with Crippen LogP contribution in [-0.2, 0) is 0 Å². The van der Waals surface area contributed by atoms with Gasteiger partial charge in [0.2, 0.25) is 0 Å². The van der Waals surface area contributed by atoms with Crippen LogP contribution in [0.5, 0.6) is 0 Å². The molecule has 0 saturated carbocycles. The van der Waals surface area contributed by atoms with Crippen molar-refractivity contribution in [2.75, 3.05) is 0 Å². The summed E-state index contributed by atoms with van der Waals surface area (Å²) in [6.45, 7) is 17.1. The lowest BCUT2D eigenvalue weighted by atomic mass is 9.74. The molecule has 0 aromatic carbocycles. The van der Waals surface area contributed by atoms with Crippen LogP contribution >= 0.6 is 0 Å². The molecule has 0 aromatic heterocycles. The number of rotatable bonds is 17. The third kappa shape index (κ3) is 12.9. The maximum atomic E-state index is 2.56. The Labute approximate surface area is 161 Å². The molecule has 0 N–H and O–H groups in total. The average Bonchev–Trinajstić information content (AvgIpc) is 2.58. The molecule has 0 heteroatoms. The highest BCUT2D eigenvalue weighted by molar-refractivity contribution is 4.74. The number of hydrogen-bond donors (Lipinski definition) is 0. The summed E-state index contributed by atoms with van der Waals surface area (Å²) in [6.07, 6.45) is 18.5. The minimum absolute atomic E-state index is 0.911. The van der Waals surface area contributed by atoms with E-state index in [1.165, 1.54) is 83.5 Å². The molecule has 5 atom stereocenters. The van der Waals surface area contributed by atoms with Gasteiger partial charge < -0.3 is 0 Å². The minimum Gasteiger partial charge on any atom is -0.0654 e. The van der Waals surface area contributed by atoms with E-state index in [0.29, 0.717) is 0 Å². The second-order valence-electron chi connectivity index (χ2n) is 9.41. The van der Waals surface area contributed by atoms with E-state index in [9.17, 15) is 0 Å². The number of hydrogen-bond acceptors (Lipinski definition) is 0. The normalized spacial score (nSPS) is 17.9. The van der Waals surface area contributed by atoms with Gasteiger partial charge in [-0.05, 0) is 36.0 Å². The summed E-state index contributed by atoms with van der Waals surface area (Å²) in [4.78, 5) is 0. The Balaban J connectivity index is 4.39. The maximum absolute atomic E-state index is 2.56. The molecule has 0 aliphatic rings. The van der Waals surface area contributed by atoms with E-state index in [2.05, 4.69) is 48.5 Å². The first-order valence-electron chi connectivity index (χ1n) is 12.0. The van der Waals surface area contributed by atoms with Crippen LogP contribution in [0.25, 0.3) is 0 Å². The molecular weight excluding hydrogens is 300 g/mol. The highest BCUT2D eigenvalue weighted by atomic mass is 14.3. The molecule has 0 nitrogen and oxygen atoms in total. The van der Waals surface area contributed by atoms with Gasteiger partial charge in [-0.1, -0.05) is 126 Å². The van der Waals surface area contributed by atoms with Crippen LogP contribution in [0.1, 0.15) is 132 Å². The van der Waals surface area contributed by atoms with Gasteiger partial charge in [-0.25, -0.2) is 0 Å². The topological polar surface area (TPSA) is 0 Å². The summed E-state index contributed by atoms with van der Waals surface area (Å²) >= 11 is 0. The van der Waals surface area contributed by atoms with E-state index in [0.717, 1.165) is 29.6 Å². The van der Waals surface area contributed by atoms with E-state index in [1.807, 2.05) is 0 Å². The zero-order valence-corrected chi connectivity index (χ0v) is 19.1. The molecule has 0 rings (SSSR count). The average molecular weight is 353 g/mol. The molecule has 0 bridgehead atoms. The lowest BCUT2D eigenvalue weighted by Gasteiger charge is -2.31. The fourth-order valence-corrected chi connectivity index (χ4v) is 4.62. The molecule has 0 spiro atoms. The highest BCUT2D eigenvalue weighted by Gasteiger charge is 2.24. The first-order chi connectivity index (χ1) is 12.0. The van der Waals surface area contributed by atoms with E-state index in [1.54, 1.807) is 0 Å². The van der Waals surface area contributed by atoms with Gasteiger partial charge in [0, 0.05) is 0 Å². The van der Waals surface area contributed by atoms with Crippen molar-refractivity contribution < 1.29 is 0 Å². The lowest BCUT2D eigenvalue weighted by Crippen LogP contribution is -2.21. The summed E-state index contributed by atoms with van der Waals surface area (Å²) in [5.41, 5.74) is 0. The van der Waals surface area contributed by atoms with Gasteiger partial charge in [-0.3, -0.25) is 0 Å². The van der Waals surface area contributed by atoms with Gasteiger partial charge >= 0.3 is 0 Å². The zero-order chi connectivity index (χ0) is 19.1. The van der Waals surface area contributed by atoms with Gasteiger partial charge in [0.05, 0.1) is 0 Å². The largest absolute Gasteiger partial charge is 0.0654 e. The predicted octanol–water partition coefficient (Wildman–Crippen LogP) is 9.28. The smallest absolute Gasteiger partial charge is 0.0363 e. The third-order valence-electron chi connectivity index (χ3n) is 6.66. The molecule has 25 heavy (non-hydrogen) atoms. The summed E-state index contributed by atoms with van der Waals surface area (Å²) in [5.74, 6) is 4.63. The molecule has 0 aromatic rings. The SMILES string of the molecule is CCCCCC(C)CCC(C(C)CCC)C(C)CCC(C)CCCC. The monoisotopic (exact) mass is 352 g/mol. The standard InChI is InChI=1S/C25H52/c1-8-11-13-16-22(5)18-20-25(23(6)14-10-3)24(7)19-17-21(4)15-12-9-2/h21-25H,8-20H2,1-7H3. The Hall–Kier alpha value is 0. The fraction of sp³-hybridized carbons (Fsp3) is 1.00. The Morgan fingerprint density at radius 2 is 0.960 bits per heavy atom. The quantitative estimate of drug-likeness (QED) is 0.229. The third-order valence-corrected chi connectivity index (χ3v) is 6.66. The number of unbranched alkanes of at least 4 members (excludes halogenated alkanes) is 3. The fourth-order valence-electron chi connectivity index (χ4n) is 4.62. The van der Waals surface area contributed by atoms with E-state index in [4.69, 9.17) is 0 Å². The van der Waals surface area contributed by atoms with Crippen molar-refractivity contribution in [2.24, 2.45) is 29.6 Å². The van der Waals surface area contributed by atoms with Crippen molar-refractivity contribution >= 4 is 0 Å². The molecule has 152 valence electrons. The summed E-state index contributed by atoms with van der Waals surface area (Å²) in [5, 5.41) is 0. The van der Waals surface area contributed by atoms with Gasteiger partial charge in [0.15, 0.2) is 0 Å². The molecule has 0 radical (unpaired) electrons. The van der Waals surface area contributed by atoms with E-state index in [-0.39, 0.29) is 0 Å². The van der Waals surface area contributed by atoms with Gasteiger partial charge in [-0.15, -0.1) is 0 Å². The highest BCUT2D eigenvalue weighted by Crippen LogP contribution is 2.34. The maximum Gasteiger partial charge on any atom is -0.0363 e. The Bertz CT molecular complexity index is 269. The van der Waals surface area contributed by atoms with Gasteiger partial charge in [0.1, 0.15) is 0 Å². The lowest BCUT2D eigenvalue weighted by molar-refractivity contribution is 0.193. The van der Waals surface area contributed by atoms with Crippen molar-refractivity contribution in [3.63, 3.8) is 0 Å². The Kier molecular flexibility index (Phi) is 16.2. The van der Waals surface area contributed by atoms with Crippen molar-refractivity contribution in [3.8, 4) is 0 Å². The van der Waals surface area contributed by atoms with Crippen molar-refractivity contribution in [1.29, 1.82) is 0 Å².